The predicted octanol–water partition coefficient (Wildman–Crippen LogP) is 2.10. The summed E-state index contributed by atoms with van der Waals surface area (Å²) in [5, 5.41) is 6.13. The fourth-order valence-corrected chi connectivity index (χ4v) is 3.08. The molecule has 2 N–H and O–H groups in total. The summed E-state index contributed by atoms with van der Waals surface area (Å²) in [5.41, 5.74) is 2.25. The second-order valence-electron chi connectivity index (χ2n) is 5.22. The zero-order chi connectivity index (χ0) is 14.5. The largest absolute Gasteiger partial charge is 0.496 e. The van der Waals surface area contributed by atoms with Crippen LogP contribution in [0.15, 0.2) is 18.2 Å². The van der Waals surface area contributed by atoms with Gasteiger partial charge in [-0.1, -0.05) is 26.0 Å². The molecule has 1 aliphatic rings. The van der Waals surface area contributed by atoms with E-state index in [4.69, 9.17) is 4.74 Å². The van der Waals surface area contributed by atoms with Gasteiger partial charge in [-0.25, -0.2) is 0 Å². The lowest BCUT2D eigenvalue weighted by molar-refractivity contribution is -0.122. The molecule has 1 fully saturated rings. The Balaban J connectivity index is 1.99. The van der Waals surface area contributed by atoms with Gasteiger partial charge in [0.05, 0.1) is 13.2 Å². The number of hydrogen-bond donors (Lipinski definition) is 2. The van der Waals surface area contributed by atoms with Crippen LogP contribution in [-0.2, 0) is 11.3 Å². The number of nitrogens with one attached hydrogen (secondary N) is 2. The Bertz CT molecular complexity index is 471. The maximum Gasteiger partial charge on any atom is 0.238 e. The van der Waals surface area contributed by atoms with Crippen molar-refractivity contribution in [3.8, 4) is 5.75 Å². The van der Waals surface area contributed by atoms with Crippen LogP contribution in [0.2, 0.25) is 0 Å². The van der Waals surface area contributed by atoms with E-state index in [-0.39, 0.29) is 11.9 Å². The summed E-state index contributed by atoms with van der Waals surface area (Å²) in [5.74, 6) is 3.06. The van der Waals surface area contributed by atoms with Gasteiger partial charge < -0.3 is 10.1 Å². The van der Waals surface area contributed by atoms with Gasteiger partial charge in [0.15, 0.2) is 0 Å². The normalized spacial score (nSPS) is 18.3. The van der Waals surface area contributed by atoms with E-state index in [0.717, 1.165) is 22.9 Å². The van der Waals surface area contributed by atoms with Gasteiger partial charge in [0.25, 0.3) is 0 Å². The molecule has 1 aromatic rings. The van der Waals surface area contributed by atoms with Crippen LogP contribution in [0, 0.1) is 0 Å². The highest BCUT2D eigenvalue weighted by Gasteiger charge is 2.22. The van der Waals surface area contributed by atoms with Crippen LogP contribution >= 0.6 is 11.8 Å². The van der Waals surface area contributed by atoms with E-state index in [1.807, 2.05) is 6.07 Å². The van der Waals surface area contributed by atoms with Crippen LogP contribution in [0.4, 0.5) is 0 Å². The van der Waals surface area contributed by atoms with Gasteiger partial charge in [-0.15, -0.1) is 11.8 Å². The van der Waals surface area contributed by atoms with E-state index in [9.17, 15) is 4.79 Å². The molecule has 1 aliphatic heterocycles. The van der Waals surface area contributed by atoms with E-state index < -0.39 is 0 Å². The number of amides is 1. The SMILES string of the molecule is COc1cc(C(C)C)ccc1CNC(=O)C1CSCN1. The van der Waals surface area contributed by atoms with Crippen LogP contribution in [0.3, 0.4) is 0 Å². The standard InChI is InChI=1S/C15H22N2O2S/c1-10(2)11-4-5-12(14(6-11)19-3)7-16-15(18)13-8-20-9-17-13/h4-6,10,13,17H,7-9H2,1-3H3,(H,16,18). The summed E-state index contributed by atoms with van der Waals surface area (Å²) in [7, 11) is 1.67. The van der Waals surface area contributed by atoms with E-state index in [1.165, 1.54) is 5.56 Å². The molecule has 0 aromatic heterocycles. The van der Waals surface area contributed by atoms with Crippen molar-refractivity contribution in [3.63, 3.8) is 0 Å². The molecule has 20 heavy (non-hydrogen) atoms. The minimum absolute atomic E-state index is 0.0602. The van der Waals surface area contributed by atoms with Crippen LogP contribution in [0.5, 0.6) is 5.75 Å². The molecule has 1 aromatic carbocycles. The van der Waals surface area contributed by atoms with Crippen LogP contribution < -0.4 is 15.4 Å². The topological polar surface area (TPSA) is 50.4 Å². The maximum absolute atomic E-state index is 12.0. The van der Waals surface area contributed by atoms with Crippen LogP contribution in [-0.4, -0.2) is 30.7 Å². The summed E-state index contributed by atoms with van der Waals surface area (Å²) in [4.78, 5) is 12.0. The Hall–Kier alpha value is -1.20. The maximum atomic E-state index is 12.0. The Morgan fingerprint density at radius 3 is 2.95 bits per heavy atom. The van der Waals surface area contributed by atoms with Crippen molar-refractivity contribution in [2.75, 3.05) is 18.7 Å². The minimum Gasteiger partial charge on any atom is -0.496 e. The minimum atomic E-state index is -0.0686. The smallest absolute Gasteiger partial charge is 0.238 e. The third-order valence-electron chi connectivity index (χ3n) is 3.46. The number of hydrogen-bond acceptors (Lipinski definition) is 4. The lowest BCUT2D eigenvalue weighted by atomic mass is 10.0. The Morgan fingerprint density at radius 1 is 1.55 bits per heavy atom. The summed E-state index contributed by atoms with van der Waals surface area (Å²) in [6.45, 7) is 4.81. The van der Waals surface area contributed by atoms with E-state index in [0.29, 0.717) is 12.5 Å². The molecule has 5 heteroatoms. The molecule has 4 nitrogen and oxygen atoms in total. The number of rotatable bonds is 5. The van der Waals surface area contributed by atoms with Crippen molar-refractivity contribution in [1.29, 1.82) is 0 Å². The van der Waals surface area contributed by atoms with Crippen molar-refractivity contribution < 1.29 is 9.53 Å². The Morgan fingerprint density at radius 2 is 2.35 bits per heavy atom. The quantitative estimate of drug-likeness (QED) is 0.873. The molecule has 2 rings (SSSR count). The summed E-state index contributed by atoms with van der Waals surface area (Å²) < 4.78 is 5.42. The second kappa shape index (κ2) is 6.99. The molecule has 1 amide bonds. The highest BCUT2D eigenvalue weighted by molar-refractivity contribution is 7.99. The molecule has 1 saturated heterocycles. The van der Waals surface area contributed by atoms with Crippen LogP contribution in [0.25, 0.3) is 0 Å². The first kappa shape index (κ1) is 15.2. The first-order valence-corrected chi connectivity index (χ1v) is 8.03. The lowest BCUT2D eigenvalue weighted by Crippen LogP contribution is -2.41. The molecular formula is C15H22N2O2S. The molecular weight excluding hydrogens is 272 g/mol. The fraction of sp³-hybridized carbons (Fsp3) is 0.533. The van der Waals surface area contributed by atoms with Crippen LogP contribution in [0.1, 0.15) is 30.9 Å². The third kappa shape index (κ3) is 3.67. The third-order valence-corrected chi connectivity index (χ3v) is 4.40. The van der Waals surface area contributed by atoms with E-state index in [1.54, 1.807) is 18.9 Å². The second-order valence-corrected chi connectivity index (χ2v) is 6.25. The first-order valence-electron chi connectivity index (χ1n) is 6.87. The molecule has 0 aliphatic carbocycles. The molecule has 0 spiro atoms. The Kier molecular flexibility index (Phi) is 5.31. The number of benzene rings is 1. The molecule has 0 bridgehead atoms. The molecule has 1 atom stereocenters. The Labute approximate surface area is 124 Å². The number of carbonyl (C=O) groups is 1. The van der Waals surface area contributed by atoms with Gasteiger partial charge in [0.2, 0.25) is 5.91 Å². The van der Waals surface area contributed by atoms with Crippen molar-refractivity contribution in [2.45, 2.75) is 32.4 Å². The molecule has 1 heterocycles. The highest BCUT2D eigenvalue weighted by Crippen LogP contribution is 2.24. The van der Waals surface area contributed by atoms with Crippen molar-refractivity contribution in [1.82, 2.24) is 10.6 Å². The van der Waals surface area contributed by atoms with Gasteiger partial charge in [-0.3, -0.25) is 10.1 Å². The molecule has 0 radical (unpaired) electrons. The van der Waals surface area contributed by atoms with Gasteiger partial charge in [0.1, 0.15) is 5.75 Å². The van der Waals surface area contributed by atoms with Gasteiger partial charge in [-0.05, 0) is 17.5 Å². The van der Waals surface area contributed by atoms with E-state index >= 15 is 0 Å². The monoisotopic (exact) mass is 294 g/mol. The van der Waals surface area contributed by atoms with Crippen molar-refractivity contribution >= 4 is 17.7 Å². The fourth-order valence-electron chi connectivity index (χ4n) is 2.14. The predicted molar refractivity (Wildman–Crippen MR) is 83.2 cm³/mol. The van der Waals surface area contributed by atoms with Gasteiger partial charge in [0, 0.05) is 23.7 Å². The summed E-state index contributed by atoms with van der Waals surface area (Å²) >= 11 is 1.75. The lowest BCUT2D eigenvalue weighted by Gasteiger charge is -2.14. The molecule has 1 unspecified atom stereocenters. The summed E-state index contributed by atoms with van der Waals surface area (Å²) in [6.07, 6.45) is 0. The van der Waals surface area contributed by atoms with Crippen molar-refractivity contribution in [3.05, 3.63) is 29.3 Å². The average molecular weight is 294 g/mol. The zero-order valence-corrected chi connectivity index (χ0v) is 13.0. The first-order chi connectivity index (χ1) is 9.61. The van der Waals surface area contributed by atoms with E-state index in [2.05, 4.69) is 36.6 Å². The molecule has 0 saturated carbocycles. The highest BCUT2D eigenvalue weighted by atomic mass is 32.2. The average Bonchev–Trinajstić information content (AvgIpc) is 2.98. The van der Waals surface area contributed by atoms with Crippen molar-refractivity contribution in [2.24, 2.45) is 0 Å². The molecule has 110 valence electrons. The number of ether oxygens (including phenoxy) is 1. The number of thioether (sulfide) groups is 1. The summed E-state index contributed by atoms with van der Waals surface area (Å²) in [6, 6.07) is 6.11. The number of carbonyl (C=O) groups excluding carboxylic acids is 1. The van der Waals surface area contributed by atoms with Gasteiger partial charge in [-0.2, -0.15) is 0 Å². The number of methoxy groups -OCH3 is 1. The zero-order valence-electron chi connectivity index (χ0n) is 12.2. The van der Waals surface area contributed by atoms with Gasteiger partial charge >= 0.3 is 0 Å².